The van der Waals surface area contributed by atoms with Crippen LogP contribution in [0.2, 0.25) is 0 Å². The minimum absolute atomic E-state index is 0.757. The molecular weight excluding hydrogens is 258 g/mol. The molecule has 0 atom stereocenters. The number of nitrogens with one attached hydrogen (secondary N) is 2. The van der Waals surface area contributed by atoms with E-state index in [0.29, 0.717) is 0 Å². The first-order chi connectivity index (χ1) is 9.26. The van der Waals surface area contributed by atoms with E-state index in [9.17, 15) is 0 Å². The second kappa shape index (κ2) is 6.47. The van der Waals surface area contributed by atoms with E-state index in [4.69, 9.17) is 0 Å². The lowest BCUT2D eigenvalue weighted by Gasteiger charge is -2.13. The highest BCUT2D eigenvalue weighted by Gasteiger charge is 2.10. The quantitative estimate of drug-likeness (QED) is 0.850. The van der Waals surface area contributed by atoms with Crippen LogP contribution in [0.3, 0.4) is 0 Å². The van der Waals surface area contributed by atoms with E-state index in [1.807, 2.05) is 19.5 Å². The Morgan fingerprint density at radius 1 is 1.21 bits per heavy atom. The molecule has 102 valence electrons. The third-order valence-electron chi connectivity index (χ3n) is 2.94. The van der Waals surface area contributed by atoms with Crippen LogP contribution in [0.5, 0.6) is 0 Å². The van der Waals surface area contributed by atoms with E-state index in [2.05, 4.69) is 32.5 Å². The number of aromatic nitrogens is 3. The molecule has 0 aliphatic rings. The standard InChI is InChI=1S/C13H19N5S/c1-4-5-10-12(14-3)16-7-17-13(10)15-6-11-9(2)18-8-19-11/h7-8H,4-6H2,1-3H3,(H2,14,15,16,17). The van der Waals surface area contributed by atoms with E-state index in [1.54, 1.807) is 17.7 Å². The first-order valence-electron chi connectivity index (χ1n) is 6.40. The Kier molecular flexibility index (Phi) is 4.68. The largest absolute Gasteiger partial charge is 0.373 e. The molecule has 2 rings (SSSR count). The Balaban J connectivity index is 2.17. The van der Waals surface area contributed by atoms with Crippen LogP contribution in [0.1, 0.15) is 29.5 Å². The van der Waals surface area contributed by atoms with Crippen molar-refractivity contribution in [2.45, 2.75) is 33.2 Å². The zero-order valence-electron chi connectivity index (χ0n) is 11.5. The third kappa shape index (κ3) is 3.20. The smallest absolute Gasteiger partial charge is 0.135 e. The highest BCUT2D eigenvalue weighted by atomic mass is 32.1. The summed E-state index contributed by atoms with van der Waals surface area (Å²) < 4.78 is 0. The SMILES string of the molecule is CCCc1c(NC)ncnc1NCc1scnc1C. The van der Waals surface area contributed by atoms with Gasteiger partial charge in [0, 0.05) is 17.5 Å². The van der Waals surface area contributed by atoms with Crippen LogP contribution in [0.25, 0.3) is 0 Å². The van der Waals surface area contributed by atoms with Crippen molar-refractivity contribution in [3.05, 3.63) is 28.0 Å². The summed E-state index contributed by atoms with van der Waals surface area (Å²) in [6.45, 7) is 4.94. The second-order valence-corrected chi connectivity index (χ2v) is 5.20. The molecule has 0 unspecified atom stereocenters. The van der Waals surface area contributed by atoms with Gasteiger partial charge in [-0.25, -0.2) is 15.0 Å². The molecule has 0 fully saturated rings. The fourth-order valence-corrected chi connectivity index (χ4v) is 2.64. The minimum Gasteiger partial charge on any atom is -0.373 e. The molecule has 19 heavy (non-hydrogen) atoms. The Bertz CT molecular complexity index is 538. The van der Waals surface area contributed by atoms with Gasteiger partial charge >= 0.3 is 0 Å². The summed E-state index contributed by atoms with van der Waals surface area (Å²) in [7, 11) is 1.89. The second-order valence-electron chi connectivity index (χ2n) is 4.26. The summed E-state index contributed by atoms with van der Waals surface area (Å²) in [5.74, 6) is 1.81. The molecule has 0 amide bonds. The van der Waals surface area contributed by atoms with Crippen LogP contribution in [-0.2, 0) is 13.0 Å². The van der Waals surface area contributed by atoms with Gasteiger partial charge in [-0.2, -0.15) is 0 Å². The molecular formula is C13H19N5S. The van der Waals surface area contributed by atoms with Crippen LogP contribution >= 0.6 is 11.3 Å². The summed E-state index contributed by atoms with van der Waals surface area (Å²) in [6.07, 6.45) is 3.62. The lowest BCUT2D eigenvalue weighted by atomic mass is 10.1. The Labute approximate surface area is 117 Å². The molecule has 2 aromatic rings. The first kappa shape index (κ1) is 13.7. The number of aryl methyl sites for hydroxylation is 1. The van der Waals surface area contributed by atoms with E-state index in [-0.39, 0.29) is 0 Å². The molecule has 2 aromatic heterocycles. The number of hydrogen-bond acceptors (Lipinski definition) is 6. The van der Waals surface area contributed by atoms with Crippen molar-refractivity contribution in [1.82, 2.24) is 15.0 Å². The molecule has 2 heterocycles. The highest BCUT2D eigenvalue weighted by molar-refractivity contribution is 7.09. The average molecular weight is 277 g/mol. The van der Waals surface area contributed by atoms with Crippen molar-refractivity contribution in [2.75, 3.05) is 17.7 Å². The third-order valence-corrected chi connectivity index (χ3v) is 3.88. The maximum atomic E-state index is 4.36. The fourth-order valence-electron chi connectivity index (χ4n) is 1.93. The Morgan fingerprint density at radius 3 is 2.63 bits per heavy atom. The lowest BCUT2D eigenvalue weighted by Crippen LogP contribution is -2.08. The zero-order chi connectivity index (χ0) is 13.7. The van der Waals surface area contributed by atoms with Gasteiger partial charge in [0.05, 0.1) is 17.7 Å². The Hall–Kier alpha value is -1.69. The summed E-state index contributed by atoms with van der Waals surface area (Å²) in [5.41, 5.74) is 4.10. The van der Waals surface area contributed by atoms with E-state index in [0.717, 1.165) is 42.3 Å². The van der Waals surface area contributed by atoms with Crippen LogP contribution in [-0.4, -0.2) is 22.0 Å². The normalized spacial score (nSPS) is 10.5. The summed E-state index contributed by atoms with van der Waals surface area (Å²) in [4.78, 5) is 14.1. The van der Waals surface area contributed by atoms with Crippen LogP contribution in [0.15, 0.2) is 11.8 Å². The molecule has 5 nitrogen and oxygen atoms in total. The number of nitrogens with zero attached hydrogens (tertiary/aromatic N) is 3. The highest BCUT2D eigenvalue weighted by Crippen LogP contribution is 2.22. The molecule has 0 aliphatic carbocycles. The monoisotopic (exact) mass is 277 g/mol. The van der Waals surface area contributed by atoms with Gasteiger partial charge < -0.3 is 10.6 Å². The molecule has 6 heteroatoms. The molecule has 0 bridgehead atoms. The summed E-state index contributed by atoms with van der Waals surface area (Å²) in [6, 6.07) is 0. The van der Waals surface area contributed by atoms with E-state index >= 15 is 0 Å². The predicted molar refractivity (Wildman–Crippen MR) is 79.8 cm³/mol. The van der Waals surface area contributed by atoms with Gasteiger partial charge in [-0.3, -0.25) is 0 Å². The molecule has 0 aliphatic heterocycles. The van der Waals surface area contributed by atoms with Gasteiger partial charge in [-0.1, -0.05) is 13.3 Å². The van der Waals surface area contributed by atoms with Crippen molar-refractivity contribution in [1.29, 1.82) is 0 Å². The molecule has 0 radical (unpaired) electrons. The van der Waals surface area contributed by atoms with Crippen LogP contribution in [0, 0.1) is 6.92 Å². The van der Waals surface area contributed by atoms with Gasteiger partial charge in [-0.05, 0) is 13.3 Å². The maximum Gasteiger partial charge on any atom is 0.135 e. The molecule has 0 saturated carbocycles. The zero-order valence-corrected chi connectivity index (χ0v) is 12.3. The van der Waals surface area contributed by atoms with Crippen molar-refractivity contribution in [2.24, 2.45) is 0 Å². The van der Waals surface area contributed by atoms with Gasteiger partial charge in [-0.15, -0.1) is 11.3 Å². The molecule has 2 N–H and O–H groups in total. The lowest BCUT2D eigenvalue weighted by molar-refractivity contribution is 0.899. The Morgan fingerprint density at radius 2 is 2.00 bits per heavy atom. The minimum atomic E-state index is 0.757. The van der Waals surface area contributed by atoms with Crippen molar-refractivity contribution < 1.29 is 0 Å². The number of hydrogen-bond donors (Lipinski definition) is 2. The van der Waals surface area contributed by atoms with Crippen LogP contribution < -0.4 is 10.6 Å². The van der Waals surface area contributed by atoms with E-state index in [1.165, 1.54) is 4.88 Å². The fraction of sp³-hybridized carbons (Fsp3) is 0.462. The molecule has 0 spiro atoms. The number of anilines is 2. The predicted octanol–water partition coefficient (Wildman–Crippen LogP) is 2.85. The van der Waals surface area contributed by atoms with Gasteiger partial charge in [0.15, 0.2) is 0 Å². The first-order valence-corrected chi connectivity index (χ1v) is 7.28. The summed E-state index contributed by atoms with van der Waals surface area (Å²) in [5, 5.41) is 6.52. The van der Waals surface area contributed by atoms with Crippen molar-refractivity contribution in [3.63, 3.8) is 0 Å². The van der Waals surface area contributed by atoms with Gasteiger partial charge in [0.1, 0.15) is 18.0 Å². The topological polar surface area (TPSA) is 62.7 Å². The molecule has 0 aromatic carbocycles. The molecule has 0 saturated heterocycles. The van der Waals surface area contributed by atoms with Gasteiger partial charge in [0.25, 0.3) is 0 Å². The summed E-state index contributed by atoms with van der Waals surface area (Å²) >= 11 is 1.67. The number of thiazole rings is 1. The van der Waals surface area contributed by atoms with Crippen molar-refractivity contribution in [3.8, 4) is 0 Å². The van der Waals surface area contributed by atoms with Crippen LogP contribution in [0.4, 0.5) is 11.6 Å². The maximum absolute atomic E-state index is 4.36. The average Bonchev–Trinajstić information content (AvgIpc) is 2.83. The van der Waals surface area contributed by atoms with E-state index < -0.39 is 0 Å². The van der Waals surface area contributed by atoms with Gasteiger partial charge in [0.2, 0.25) is 0 Å². The number of rotatable bonds is 6. The van der Waals surface area contributed by atoms with Crippen molar-refractivity contribution >= 4 is 23.0 Å².